The van der Waals surface area contributed by atoms with Crippen molar-refractivity contribution in [2.75, 3.05) is 39.5 Å². The second kappa shape index (κ2) is 10.3. The van der Waals surface area contributed by atoms with Gasteiger partial charge in [-0.1, -0.05) is 6.92 Å². The van der Waals surface area contributed by atoms with Gasteiger partial charge in [-0.3, -0.25) is 4.79 Å². The zero-order valence-corrected chi connectivity index (χ0v) is 12.1. The van der Waals surface area contributed by atoms with Crippen LogP contribution in [-0.4, -0.2) is 56.4 Å². The fourth-order valence-corrected chi connectivity index (χ4v) is 1.48. The molecule has 2 unspecified atom stereocenters. The molecule has 0 fully saturated rings. The van der Waals surface area contributed by atoms with Crippen molar-refractivity contribution in [1.82, 2.24) is 4.90 Å². The minimum atomic E-state index is -0.173. The van der Waals surface area contributed by atoms with Gasteiger partial charge in [-0.2, -0.15) is 0 Å². The molecule has 18 heavy (non-hydrogen) atoms. The van der Waals surface area contributed by atoms with E-state index >= 15 is 0 Å². The fourth-order valence-electron chi connectivity index (χ4n) is 1.48. The molecule has 5 nitrogen and oxygen atoms in total. The molecule has 0 spiro atoms. The van der Waals surface area contributed by atoms with Gasteiger partial charge in [-0.15, -0.1) is 0 Å². The Hall–Kier alpha value is -0.650. The molecule has 0 aromatic carbocycles. The Kier molecular flexibility index (Phi) is 9.92. The van der Waals surface area contributed by atoms with Crippen molar-refractivity contribution in [3.63, 3.8) is 0 Å². The van der Waals surface area contributed by atoms with E-state index in [9.17, 15) is 4.79 Å². The summed E-state index contributed by atoms with van der Waals surface area (Å²) in [6, 6.07) is -0.140. The van der Waals surface area contributed by atoms with Crippen molar-refractivity contribution >= 4 is 5.91 Å². The van der Waals surface area contributed by atoms with Crippen molar-refractivity contribution in [3.8, 4) is 0 Å². The lowest BCUT2D eigenvalue weighted by molar-refractivity contribution is -0.137. The average Bonchev–Trinajstić information content (AvgIpc) is 2.35. The smallest absolute Gasteiger partial charge is 0.227 e. The zero-order valence-electron chi connectivity index (χ0n) is 12.1. The van der Waals surface area contributed by atoms with Crippen molar-refractivity contribution in [2.24, 2.45) is 11.7 Å². The van der Waals surface area contributed by atoms with Gasteiger partial charge in [0.2, 0.25) is 5.91 Å². The first-order valence-electron chi connectivity index (χ1n) is 6.74. The Balaban J connectivity index is 4.28. The van der Waals surface area contributed by atoms with Gasteiger partial charge < -0.3 is 20.1 Å². The first-order chi connectivity index (χ1) is 8.54. The van der Waals surface area contributed by atoms with Crippen LogP contribution >= 0.6 is 0 Å². The molecule has 0 aromatic heterocycles. The number of nitrogens with zero attached hydrogens (tertiary/aromatic N) is 1. The third kappa shape index (κ3) is 6.93. The van der Waals surface area contributed by atoms with Crippen LogP contribution < -0.4 is 5.73 Å². The summed E-state index contributed by atoms with van der Waals surface area (Å²) >= 11 is 0. The van der Waals surface area contributed by atoms with Crippen LogP contribution in [0.5, 0.6) is 0 Å². The molecule has 108 valence electrons. The minimum Gasteiger partial charge on any atom is -0.380 e. The number of hydrogen-bond acceptors (Lipinski definition) is 4. The van der Waals surface area contributed by atoms with E-state index in [2.05, 4.69) is 0 Å². The predicted molar refractivity (Wildman–Crippen MR) is 72.4 cm³/mol. The Morgan fingerprint density at radius 2 is 1.56 bits per heavy atom. The topological polar surface area (TPSA) is 64.8 Å². The Bertz CT molecular complexity index is 212. The van der Waals surface area contributed by atoms with Gasteiger partial charge >= 0.3 is 0 Å². The van der Waals surface area contributed by atoms with Crippen molar-refractivity contribution in [1.29, 1.82) is 0 Å². The second-order valence-electron chi connectivity index (χ2n) is 4.37. The van der Waals surface area contributed by atoms with Gasteiger partial charge in [0, 0.05) is 32.3 Å². The lowest BCUT2D eigenvalue weighted by atomic mass is 10.0. The Morgan fingerprint density at radius 1 is 1.11 bits per heavy atom. The first kappa shape index (κ1) is 17.4. The van der Waals surface area contributed by atoms with Gasteiger partial charge in [0.25, 0.3) is 0 Å². The molecule has 0 aromatic rings. The Labute approximate surface area is 111 Å². The van der Waals surface area contributed by atoms with Gasteiger partial charge in [-0.25, -0.2) is 0 Å². The van der Waals surface area contributed by atoms with Crippen LogP contribution in [0.25, 0.3) is 0 Å². The molecular weight excluding hydrogens is 232 g/mol. The summed E-state index contributed by atoms with van der Waals surface area (Å²) in [6.07, 6.45) is 0. The SMILES string of the molecule is CCOCCN(CCOCC)C(=O)C(C)C(C)N. The summed E-state index contributed by atoms with van der Waals surface area (Å²) < 4.78 is 10.6. The van der Waals surface area contributed by atoms with E-state index in [0.717, 1.165) is 0 Å². The van der Waals surface area contributed by atoms with E-state index in [-0.39, 0.29) is 17.9 Å². The number of amides is 1. The molecule has 0 aliphatic heterocycles. The standard InChI is InChI=1S/C13H28N2O3/c1-5-17-9-7-15(8-10-18-6-2)13(16)11(3)12(4)14/h11-12H,5-10,14H2,1-4H3. The molecule has 2 atom stereocenters. The number of rotatable bonds is 10. The highest BCUT2D eigenvalue weighted by Gasteiger charge is 2.22. The molecule has 0 aliphatic carbocycles. The van der Waals surface area contributed by atoms with E-state index < -0.39 is 0 Å². The number of ether oxygens (including phenoxy) is 2. The van der Waals surface area contributed by atoms with Gasteiger partial charge in [0.15, 0.2) is 0 Å². The van der Waals surface area contributed by atoms with E-state index in [1.165, 1.54) is 0 Å². The van der Waals surface area contributed by atoms with Crippen LogP contribution in [0.15, 0.2) is 0 Å². The number of nitrogens with two attached hydrogens (primary N) is 1. The van der Waals surface area contributed by atoms with Crippen LogP contribution in [-0.2, 0) is 14.3 Å². The zero-order chi connectivity index (χ0) is 14.0. The molecule has 0 aliphatic rings. The fraction of sp³-hybridized carbons (Fsp3) is 0.923. The van der Waals surface area contributed by atoms with Crippen LogP contribution in [0, 0.1) is 5.92 Å². The first-order valence-corrected chi connectivity index (χ1v) is 6.74. The minimum absolute atomic E-state index is 0.0735. The van der Waals surface area contributed by atoms with E-state index in [1.807, 2.05) is 27.7 Å². The number of hydrogen-bond donors (Lipinski definition) is 1. The third-order valence-corrected chi connectivity index (χ3v) is 2.91. The predicted octanol–water partition coefficient (Wildman–Crippen LogP) is 0.871. The molecule has 0 saturated carbocycles. The summed E-state index contributed by atoms with van der Waals surface area (Å²) in [5.74, 6) is -0.0994. The van der Waals surface area contributed by atoms with Gasteiger partial charge in [0.05, 0.1) is 19.1 Å². The highest BCUT2D eigenvalue weighted by atomic mass is 16.5. The molecule has 2 N–H and O–H groups in total. The van der Waals surface area contributed by atoms with Crippen LogP contribution in [0.2, 0.25) is 0 Å². The summed E-state index contributed by atoms with van der Waals surface area (Å²) in [4.78, 5) is 14.0. The molecular formula is C13H28N2O3. The maximum absolute atomic E-state index is 12.2. The molecule has 5 heteroatoms. The molecule has 1 amide bonds. The average molecular weight is 260 g/mol. The van der Waals surface area contributed by atoms with Gasteiger partial charge in [-0.05, 0) is 20.8 Å². The monoisotopic (exact) mass is 260 g/mol. The van der Waals surface area contributed by atoms with Crippen LogP contribution in [0.1, 0.15) is 27.7 Å². The van der Waals surface area contributed by atoms with Crippen LogP contribution in [0.4, 0.5) is 0 Å². The highest BCUT2D eigenvalue weighted by Crippen LogP contribution is 2.06. The van der Waals surface area contributed by atoms with Gasteiger partial charge in [0.1, 0.15) is 0 Å². The Morgan fingerprint density at radius 3 is 1.89 bits per heavy atom. The third-order valence-electron chi connectivity index (χ3n) is 2.91. The quantitative estimate of drug-likeness (QED) is 0.592. The van der Waals surface area contributed by atoms with Crippen LogP contribution in [0.3, 0.4) is 0 Å². The summed E-state index contributed by atoms with van der Waals surface area (Å²) in [5, 5.41) is 0. The maximum atomic E-state index is 12.2. The van der Waals surface area contributed by atoms with E-state index in [1.54, 1.807) is 4.90 Å². The second-order valence-corrected chi connectivity index (χ2v) is 4.37. The van der Waals surface area contributed by atoms with E-state index in [4.69, 9.17) is 15.2 Å². The molecule has 0 bridgehead atoms. The number of carbonyl (C=O) groups excluding carboxylic acids is 1. The summed E-state index contributed by atoms with van der Waals surface area (Å²) in [6.45, 7) is 11.2. The normalized spacial score (nSPS) is 14.3. The summed E-state index contributed by atoms with van der Waals surface area (Å²) in [5.41, 5.74) is 5.77. The lowest BCUT2D eigenvalue weighted by Crippen LogP contribution is -2.44. The van der Waals surface area contributed by atoms with Crippen molar-refractivity contribution in [3.05, 3.63) is 0 Å². The van der Waals surface area contributed by atoms with Crippen molar-refractivity contribution < 1.29 is 14.3 Å². The maximum Gasteiger partial charge on any atom is 0.227 e. The largest absolute Gasteiger partial charge is 0.380 e. The van der Waals surface area contributed by atoms with E-state index in [0.29, 0.717) is 39.5 Å². The van der Waals surface area contributed by atoms with Crippen molar-refractivity contribution in [2.45, 2.75) is 33.7 Å². The summed E-state index contributed by atoms with van der Waals surface area (Å²) in [7, 11) is 0. The molecule has 0 radical (unpaired) electrons. The lowest BCUT2D eigenvalue weighted by Gasteiger charge is -2.27. The molecule has 0 rings (SSSR count). The number of carbonyl (C=O) groups is 1. The highest BCUT2D eigenvalue weighted by molar-refractivity contribution is 5.79. The molecule has 0 heterocycles. The molecule has 0 saturated heterocycles.